The number of carboxylic acid groups (broad SMARTS) is 1. The van der Waals surface area contributed by atoms with E-state index in [1.165, 1.54) is 6.92 Å². The fraction of sp³-hybridized carbons (Fsp3) is 0.333. The van der Waals surface area contributed by atoms with Crippen LogP contribution in [-0.4, -0.2) is 21.3 Å². The van der Waals surface area contributed by atoms with E-state index in [0.717, 1.165) is 17.8 Å². The highest BCUT2D eigenvalue weighted by Gasteiger charge is 2.31. The first kappa shape index (κ1) is 14.1. The smallest absolute Gasteiger partial charge is 0.417 e. The number of nitrogens with zero attached hydrogens (tertiary/aromatic N) is 1. The molecule has 0 radical (unpaired) electrons. The molecule has 1 heterocycles. The van der Waals surface area contributed by atoms with E-state index >= 15 is 0 Å². The van der Waals surface area contributed by atoms with Crippen molar-refractivity contribution in [1.82, 2.24) is 4.98 Å². The van der Waals surface area contributed by atoms with Crippen molar-refractivity contribution in [3.05, 3.63) is 22.8 Å². The van der Waals surface area contributed by atoms with Crippen molar-refractivity contribution in [3.63, 3.8) is 0 Å². The van der Waals surface area contributed by atoms with E-state index < -0.39 is 23.0 Å². The molecule has 1 atom stereocenters. The molecule has 0 aromatic carbocycles. The molecular formula is C9H7ClF3NO2S. The van der Waals surface area contributed by atoms with Gasteiger partial charge in [0.25, 0.3) is 0 Å². The van der Waals surface area contributed by atoms with Crippen LogP contribution in [0.3, 0.4) is 0 Å². The van der Waals surface area contributed by atoms with Gasteiger partial charge in [0.05, 0.1) is 10.6 Å². The molecule has 94 valence electrons. The lowest BCUT2D eigenvalue weighted by atomic mass is 10.3. The zero-order valence-electron chi connectivity index (χ0n) is 8.45. The standard InChI is InChI=1S/C9H7ClF3NO2S/c1-4(8(15)16)17-7-6(10)2-5(3-14-7)9(11,12)13/h2-4H,1H3,(H,15,16)/t4-/m1/s1. The zero-order valence-corrected chi connectivity index (χ0v) is 10.0. The van der Waals surface area contributed by atoms with E-state index in [-0.39, 0.29) is 10.0 Å². The number of thioether (sulfide) groups is 1. The Hall–Kier alpha value is -0.950. The maximum absolute atomic E-state index is 12.3. The van der Waals surface area contributed by atoms with Crippen LogP contribution >= 0.6 is 23.4 Å². The predicted molar refractivity (Wildman–Crippen MR) is 57.2 cm³/mol. The minimum atomic E-state index is -4.52. The van der Waals surface area contributed by atoms with Gasteiger partial charge in [-0.3, -0.25) is 4.79 Å². The quantitative estimate of drug-likeness (QED) is 0.866. The summed E-state index contributed by atoms with van der Waals surface area (Å²) in [6, 6.07) is 0.728. The van der Waals surface area contributed by atoms with E-state index in [0.29, 0.717) is 6.20 Å². The van der Waals surface area contributed by atoms with Crippen LogP contribution in [0.25, 0.3) is 0 Å². The van der Waals surface area contributed by atoms with Gasteiger partial charge in [0.15, 0.2) is 0 Å². The molecule has 0 saturated carbocycles. The number of hydrogen-bond donors (Lipinski definition) is 1. The lowest BCUT2D eigenvalue weighted by Crippen LogP contribution is -2.12. The van der Waals surface area contributed by atoms with Gasteiger partial charge in [-0.2, -0.15) is 13.2 Å². The summed E-state index contributed by atoms with van der Waals surface area (Å²) in [7, 11) is 0. The van der Waals surface area contributed by atoms with Crippen molar-refractivity contribution in [3.8, 4) is 0 Å². The number of alkyl halides is 3. The van der Waals surface area contributed by atoms with Crippen LogP contribution in [0.2, 0.25) is 5.02 Å². The lowest BCUT2D eigenvalue weighted by molar-refractivity contribution is -0.138. The van der Waals surface area contributed by atoms with Gasteiger partial charge in [-0.1, -0.05) is 23.4 Å². The van der Waals surface area contributed by atoms with Gasteiger partial charge in [-0.05, 0) is 13.0 Å². The summed E-state index contributed by atoms with van der Waals surface area (Å²) in [5.74, 6) is -1.09. The molecule has 1 aromatic heterocycles. The van der Waals surface area contributed by atoms with E-state index in [9.17, 15) is 18.0 Å². The first-order valence-corrected chi connectivity index (χ1v) is 5.59. The Balaban J connectivity index is 2.95. The van der Waals surface area contributed by atoms with Crippen molar-refractivity contribution in [2.45, 2.75) is 23.4 Å². The fourth-order valence-electron chi connectivity index (χ4n) is 0.885. The molecule has 0 aliphatic rings. The molecule has 0 amide bonds. The predicted octanol–water partition coefficient (Wildman–Crippen LogP) is 3.32. The van der Waals surface area contributed by atoms with Crippen LogP contribution < -0.4 is 0 Å². The molecule has 0 fully saturated rings. The third-order valence-corrected chi connectivity index (χ3v) is 3.27. The average molecular weight is 286 g/mol. The molecule has 0 bridgehead atoms. The lowest BCUT2D eigenvalue weighted by Gasteiger charge is -2.10. The number of pyridine rings is 1. The van der Waals surface area contributed by atoms with Crippen LogP contribution in [0.4, 0.5) is 13.2 Å². The highest BCUT2D eigenvalue weighted by atomic mass is 35.5. The molecule has 1 N–H and O–H groups in total. The summed E-state index contributed by atoms with van der Waals surface area (Å²) < 4.78 is 36.9. The van der Waals surface area contributed by atoms with Gasteiger partial charge < -0.3 is 5.11 Å². The number of aliphatic carboxylic acids is 1. The fourth-order valence-corrected chi connectivity index (χ4v) is 1.91. The second-order valence-corrected chi connectivity index (χ2v) is 4.84. The van der Waals surface area contributed by atoms with E-state index in [4.69, 9.17) is 16.7 Å². The SMILES string of the molecule is C[C@@H](Sc1ncc(C(F)(F)F)cc1Cl)C(=O)O. The van der Waals surface area contributed by atoms with Gasteiger partial charge in [0.2, 0.25) is 0 Å². The zero-order chi connectivity index (χ0) is 13.2. The molecule has 17 heavy (non-hydrogen) atoms. The Kier molecular flexibility index (Phi) is 4.26. The van der Waals surface area contributed by atoms with Crippen molar-refractivity contribution in [2.75, 3.05) is 0 Å². The maximum atomic E-state index is 12.3. The van der Waals surface area contributed by atoms with E-state index in [1.807, 2.05) is 0 Å². The summed E-state index contributed by atoms with van der Waals surface area (Å²) in [5.41, 5.74) is -0.963. The first-order chi connectivity index (χ1) is 7.71. The average Bonchev–Trinajstić information content (AvgIpc) is 2.19. The van der Waals surface area contributed by atoms with Gasteiger partial charge in [-0.15, -0.1) is 0 Å². The Morgan fingerprint density at radius 1 is 1.59 bits per heavy atom. The number of carbonyl (C=O) groups is 1. The molecule has 0 aliphatic heterocycles. The van der Waals surface area contributed by atoms with Crippen LogP contribution in [0.15, 0.2) is 17.3 Å². The minimum absolute atomic E-state index is 0.0644. The Bertz CT molecular complexity index is 439. The van der Waals surface area contributed by atoms with Gasteiger partial charge in [0.1, 0.15) is 10.3 Å². The Morgan fingerprint density at radius 3 is 2.59 bits per heavy atom. The van der Waals surface area contributed by atoms with Crippen molar-refractivity contribution in [2.24, 2.45) is 0 Å². The van der Waals surface area contributed by atoms with Gasteiger partial charge >= 0.3 is 12.1 Å². The third kappa shape index (κ3) is 3.78. The van der Waals surface area contributed by atoms with Crippen molar-refractivity contribution >= 4 is 29.3 Å². The molecule has 0 saturated heterocycles. The summed E-state index contributed by atoms with van der Waals surface area (Å²) in [5, 5.41) is 7.66. The molecule has 1 aromatic rings. The largest absolute Gasteiger partial charge is 0.480 e. The number of aromatic nitrogens is 1. The molecular weight excluding hydrogens is 279 g/mol. The van der Waals surface area contributed by atoms with Crippen molar-refractivity contribution in [1.29, 1.82) is 0 Å². The van der Waals surface area contributed by atoms with Crippen LogP contribution in [-0.2, 0) is 11.0 Å². The molecule has 0 aliphatic carbocycles. The highest BCUT2D eigenvalue weighted by molar-refractivity contribution is 8.00. The Morgan fingerprint density at radius 2 is 2.18 bits per heavy atom. The third-order valence-electron chi connectivity index (χ3n) is 1.77. The summed E-state index contributed by atoms with van der Waals surface area (Å²) in [6.07, 6.45) is -3.89. The van der Waals surface area contributed by atoms with Crippen LogP contribution in [0, 0.1) is 0 Å². The number of halogens is 4. The van der Waals surface area contributed by atoms with E-state index in [1.54, 1.807) is 0 Å². The van der Waals surface area contributed by atoms with Crippen LogP contribution in [0.1, 0.15) is 12.5 Å². The van der Waals surface area contributed by atoms with Gasteiger partial charge in [0, 0.05) is 6.20 Å². The molecule has 1 rings (SSSR count). The first-order valence-electron chi connectivity index (χ1n) is 4.34. The number of carboxylic acids is 1. The topological polar surface area (TPSA) is 50.2 Å². The summed E-state index contributed by atoms with van der Waals surface area (Å²) in [4.78, 5) is 14.1. The highest BCUT2D eigenvalue weighted by Crippen LogP contribution is 2.34. The second kappa shape index (κ2) is 5.14. The minimum Gasteiger partial charge on any atom is -0.480 e. The second-order valence-electron chi connectivity index (χ2n) is 3.11. The molecule has 3 nitrogen and oxygen atoms in total. The van der Waals surface area contributed by atoms with Gasteiger partial charge in [-0.25, -0.2) is 4.98 Å². The Labute approximate surface area is 104 Å². The number of hydrogen-bond acceptors (Lipinski definition) is 3. The maximum Gasteiger partial charge on any atom is 0.417 e. The monoisotopic (exact) mass is 285 g/mol. The van der Waals surface area contributed by atoms with Crippen molar-refractivity contribution < 1.29 is 23.1 Å². The molecule has 0 spiro atoms. The van der Waals surface area contributed by atoms with E-state index in [2.05, 4.69) is 4.98 Å². The summed E-state index contributed by atoms with van der Waals surface area (Å²) in [6.45, 7) is 1.39. The number of rotatable bonds is 3. The van der Waals surface area contributed by atoms with Crippen LogP contribution in [0.5, 0.6) is 0 Å². The molecule has 0 unspecified atom stereocenters. The summed E-state index contributed by atoms with van der Waals surface area (Å²) >= 11 is 6.40. The normalized spacial score (nSPS) is 13.5. The molecule has 8 heteroatoms.